The lowest BCUT2D eigenvalue weighted by molar-refractivity contribution is -0.384. The summed E-state index contributed by atoms with van der Waals surface area (Å²) in [6, 6.07) is 18.0. The number of ether oxygens (including phenoxy) is 4. The maximum absolute atomic E-state index is 15.1. The van der Waals surface area contributed by atoms with Gasteiger partial charge in [-0.05, 0) is 97.5 Å². The molecule has 6 rings (SSSR count). The first kappa shape index (κ1) is 55.9. The van der Waals surface area contributed by atoms with Gasteiger partial charge < -0.3 is 44.0 Å². The Bertz CT molecular complexity index is 2250. The van der Waals surface area contributed by atoms with Crippen molar-refractivity contribution in [3.8, 4) is 17.2 Å². The number of fused-ring (bicyclic) bond motifs is 2. The molecule has 72 heavy (non-hydrogen) atoms. The highest BCUT2D eigenvalue weighted by atomic mass is 16.7. The number of oxime groups is 1. The maximum Gasteiger partial charge on any atom is 0.269 e. The van der Waals surface area contributed by atoms with Gasteiger partial charge in [0.2, 0.25) is 11.7 Å². The molecule has 0 radical (unpaired) electrons. The first-order valence-electron chi connectivity index (χ1n) is 26.4. The van der Waals surface area contributed by atoms with Crippen LogP contribution in [0.25, 0.3) is 0 Å². The van der Waals surface area contributed by atoms with E-state index in [0.717, 1.165) is 62.4 Å². The molecule has 15 nitrogen and oxygen atoms in total. The number of benzene rings is 3. The summed E-state index contributed by atoms with van der Waals surface area (Å²) in [5.74, 6) is -0.923. The summed E-state index contributed by atoms with van der Waals surface area (Å²) in [6.45, 7) is 6.75. The summed E-state index contributed by atoms with van der Waals surface area (Å²) in [5.41, 5.74) is 3.46. The fourth-order valence-electron chi connectivity index (χ4n) is 10.9. The molecule has 3 aromatic carbocycles. The van der Waals surface area contributed by atoms with E-state index < -0.39 is 22.7 Å². The zero-order valence-electron chi connectivity index (χ0n) is 42.2. The Kier molecular flexibility index (Phi) is 22.7. The molecular formula is C57H77N3O12. The lowest BCUT2D eigenvalue weighted by Crippen LogP contribution is -2.70. The number of nitro groups is 1. The molecule has 15 heteroatoms. The van der Waals surface area contributed by atoms with Gasteiger partial charge in [0.1, 0.15) is 36.2 Å². The SMILES string of the molecule is C=CCOC12Oc3ccc(Oc4cccc(C=O)c4)cc3C3C(CCCCO)C(CCCCO)C=C(C(=NOCc4ccc([N+](=O)[O-])cc4)CC1N(CCOCCO)C(=O)CCCCCCCCCCC)C32. The zero-order chi connectivity index (χ0) is 51.1. The van der Waals surface area contributed by atoms with Gasteiger partial charge in [-0.1, -0.05) is 101 Å². The van der Waals surface area contributed by atoms with Crippen LogP contribution in [0.15, 0.2) is 96.2 Å². The Morgan fingerprint density at radius 1 is 0.889 bits per heavy atom. The molecule has 0 saturated heterocycles. The van der Waals surface area contributed by atoms with E-state index in [9.17, 15) is 30.2 Å². The third-order valence-electron chi connectivity index (χ3n) is 14.3. The lowest BCUT2D eigenvalue weighted by atomic mass is 9.55. The molecule has 1 fully saturated rings. The lowest BCUT2D eigenvalue weighted by Gasteiger charge is -2.60. The molecule has 1 heterocycles. The second-order valence-corrected chi connectivity index (χ2v) is 19.3. The third kappa shape index (κ3) is 14.8. The number of carbonyl (C=O) groups excluding carboxylic acids is 2. The normalized spacial score (nSPS) is 21.5. The van der Waals surface area contributed by atoms with Gasteiger partial charge in [-0.15, -0.1) is 6.58 Å². The number of carbonyl (C=O) groups is 2. The number of rotatable bonds is 34. The summed E-state index contributed by atoms with van der Waals surface area (Å²) in [7, 11) is 0. The molecule has 3 aromatic rings. The Hall–Kier alpha value is -5.45. The smallest absolute Gasteiger partial charge is 0.269 e. The van der Waals surface area contributed by atoms with Crippen LogP contribution < -0.4 is 9.47 Å². The van der Waals surface area contributed by atoms with E-state index in [2.05, 4.69) is 19.6 Å². The van der Waals surface area contributed by atoms with E-state index in [4.69, 9.17) is 28.9 Å². The van der Waals surface area contributed by atoms with Crippen LogP contribution in [0, 0.1) is 27.9 Å². The summed E-state index contributed by atoms with van der Waals surface area (Å²) in [4.78, 5) is 45.9. The number of hydrogen-bond donors (Lipinski definition) is 3. The molecule has 392 valence electrons. The van der Waals surface area contributed by atoms with E-state index in [-0.39, 0.29) is 88.6 Å². The minimum atomic E-state index is -1.49. The molecule has 3 N–H and O–H groups in total. The average Bonchev–Trinajstić information content (AvgIpc) is 3.39. The van der Waals surface area contributed by atoms with Crippen LogP contribution in [0.1, 0.15) is 143 Å². The largest absolute Gasteiger partial charge is 0.459 e. The second kappa shape index (κ2) is 29.3. The van der Waals surface area contributed by atoms with Crippen LogP contribution in [-0.4, -0.2) is 101 Å². The molecule has 1 aliphatic heterocycles. The Morgan fingerprint density at radius 2 is 1.61 bits per heavy atom. The number of hydrogen-bond acceptors (Lipinski definition) is 13. The minimum absolute atomic E-state index is 0.0175. The van der Waals surface area contributed by atoms with Gasteiger partial charge in [0.25, 0.3) is 5.69 Å². The zero-order valence-corrected chi connectivity index (χ0v) is 42.2. The summed E-state index contributed by atoms with van der Waals surface area (Å²) >= 11 is 0. The molecule has 0 aromatic heterocycles. The van der Waals surface area contributed by atoms with Gasteiger partial charge in [-0.2, -0.15) is 0 Å². The number of non-ortho nitro benzene ring substituents is 1. The summed E-state index contributed by atoms with van der Waals surface area (Å²) in [6.07, 6.45) is 19.3. The Morgan fingerprint density at radius 3 is 2.31 bits per heavy atom. The molecule has 6 atom stereocenters. The number of nitro benzene ring substituents is 1. The van der Waals surface area contributed by atoms with Gasteiger partial charge in [0.15, 0.2) is 0 Å². The molecule has 1 saturated carbocycles. The first-order chi connectivity index (χ1) is 35.2. The predicted octanol–water partition coefficient (Wildman–Crippen LogP) is 10.8. The molecule has 1 amide bonds. The van der Waals surface area contributed by atoms with Crippen molar-refractivity contribution in [2.75, 3.05) is 46.2 Å². The van der Waals surface area contributed by atoms with Gasteiger partial charge in [0, 0.05) is 61.8 Å². The summed E-state index contributed by atoms with van der Waals surface area (Å²) in [5, 5.41) is 46.1. The predicted molar refractivity (Wildman–Crippen MR) is 276 cm³/mol. The molecule has 2 aliphatic carbocycles. The van der Waals surface area contributed by atoms with E-state index in [1.165, 1.54) is 44.2 Å². The van der Waals surface area contributed by atoms with E-state index in [1.807, 2.05) is 23.1 Å². The quantitative estimate of drug-likeness (QED) is 0.0168. The van der Waals surface area contributed by atoms with Gasteiger partial charge in [0.05, 0.1) is 43.0 Å². The number of unbranched alkanes of at least 4 members (excludes halogenated alkanes) is 10. The summed E-state index contributed by atoms with van der Waals surface area (Å²) < 4.78 is 26.9. The van der Waals surface area contributed by atoms with Crippen LogP contribution in [0.5, 0.6) is 17.2 Å². The topological polar surface area (TPSA) is 200 Å². The number of aldehydes is 1. The van der Waals surface area contributed by atoms with Crippen molar-refractivity contribution in [1.29, 1.82) is 0 Å². The van der Waals surface area contributed by atoms with Crippen molar-refractivity contribution in [3.63, 3.8) is 0 Å². The van der Waals surface area contributed by atoms with Crippen molar-refractivity contribution in [2.24, 2.45) is 22.9 Å². The van der Waals surface area contributed by atoms with Crippen LogP contribution in [0.3, 0.4) is 0 Å². The van der Waals surface area contributed by atoms with Crippen molar-refractivity contribution < 1.29 is 53.6 Å². The number of amides is 1. The highest BCUT2D eigenvalue weighted by Crippen LogP contribution is 2.62. The molecular weight excluding hydrogens is 919 g/mol. The van der Waals surface area contributed by atoms with Crippen molar-refractivity contribution in [1.82, 2.24) is 4.90 Å². The second-order valence-electron chi connectivity index (χ2n) is 19.3. The van der Waals surface area contributed by atoms with Gasteiger partial charge >= 0.3 is 0 Å². The first-order valence-corrected chi connectivity index (χ1v) is 26.4. The fraction of sp³-hybridized carbons (Fsp3) is 0.561. The monoisotopic (exact) mass is 996 g/mol. The van der Waals surface area contributed by atoms with E-state index in [1.54, 1.807) is 42.5 Å². The minimum Gasteiger partial charge on any atom is -0.459 e. The molecule has 6 unspecified atom stereocenters. The number of nitrogens with zero attached hydrogens (tertiary/aromatic N) is 3. The van der Waals surface area contributed by atoms with Crippen LogP contribution in [-0.2, 0) is 25.7 Å². The van der Waals surface area contributed by atoms with Gasteiger partial charge in [-0.25, -0.2) is 0 Å². The van der Waals surface area contributed by atoms with Crippen LogP contribution in [0.4, 0.5) is 5.69 Å². The Balaban J connectivity index is 1.50. The Labute approximate surface area is 425 Å². The third-order valence-corrected chi connectivity index (χ3v) is 14.3. The number of aliphatic hydroxyl groups is 3. The fourth-order valence-corrected chi connectivity index (χ4v) is 10.9. The van der Waals surface area contributed by atoms with Crippen molar-refractivity contribution >= 4 is 23.6 Å². The number of aliphatic hydroxyl groups excluding tert-OH is 3. The molecule has 0 bridgehead atoms. The standard InChI is InChI=1S/C57H77N3O12/c1-3-5-6-7-8-9-10-11-12-22-54(65)59(29-34-68-35-32-63)53-39-51(58-70-41-42-23-25-45(26-24-42)60(66)67)49-37-44(19-13-15-30-61)48(21-14-16-31-62)55-50-38-47(71-46-20-17-18-43(36-46)40-64)27-28-52(50)72-57(53,56(49)55)69-33-4-2/h4,17-18,20,23-28,36-38,40,44,48,53,55-56,61-63H,2-3,5-16,19,21-22,29-35,39,41H2,1H3. The van der Waals surface area contributed by atoms with Crippen molar-refractivity contribution in [3.05, 3.63) is 118 Å². The van der Waals surface area contributed by atoms with E-state index in [0.29, 0.717) is 59.8 Å². The van der Waals surface area contributed by atoms with Crippen molar-refractivity contribution in [2.45, 2.75) is 140 Å². The maximum atomic E-state index is 15.1. The average molecular weight is 996 g/mol. The highest BCUT2D eigenvalue weighted by molar-refractivity contribution is 6.03. The van der Waals surface area contributed by atoms with E-state index >= 15 is 4.79 Å². The molecule has 0 spiro atoms. The van der Waals surface area contributed by atoms with Crippen LogP contribution >= 0.6 is 0 Å². The highest BCUT2D eigenvalue weighted by Gasteiger charge is 2.65. The molecule has 3 aliphatic rings. The number of allylic oxidation sites excluding steroid dienone is 1. The van der Waals surface area contributed by atoms with Crippen LogP contribution in [0.2, 0.25) is 0 Å². The van der Waals surface area contributed by atoms with Gasteiger partial charge in [-0.3, -0.25) is 19.7 Å².